The minimum Gasteiger partial charge on any atom is -0.504 e. The minimum absolute atomic E-state index is 0.0473. The van der Waals surface area contributed by atoms with Crippen molar-refractivity contribution in [2.24, 2.45) is 4.99 Å². The third kappa shape index (κ3) is 3.68. The number of imidazole rings is 1. The molecule has 0 unspecified atom stereocenters. The van der Waals surface area contributed by atoms with Crippen LogP contribution >= 0.6 is 11.6 Å². The number of halogens is 1. The molecule has 0 aliphatic rings. The summed E-state index contributed by atoms with van der Waals surface area (Å²) in [6.07, 6.45) is 3.15. The average Bonchev–Trinajstić information content (AvgIpc) is 3.04. The predicted molar refractivity (Wildman–Crippen MR) is 99.4 cm³/mol. The van der Waals surface area contributed by atoms with Crippen LogP contribution in [0.1, 0.15) is 16.8 Å². The maximum Gasteiger partial charge on any atom is 0.185 e. The molecule has 0 saturated heterocycles. The summed E-state index contributed by atoms with van der Waals surface area (Å²) in [6.45, 7) is 0.444. The number of ether oxygens (including phenoxy) is 1. The number of nitriles is 1. The normalized spacial score (nSPS) is 10.8. The summed E-state index contributed by atoms with van der Waals surface area (Å²) in [7, 11) is 1.47. The Balaban J connectivity index is 1.93. The molecule has 0 aliphatic heterocycles. The molecule has 3 rings (SSSR count). The van der Waals surface area contributed by atoms with E-state index < -0.39 is 0 Å². The zero-order valence-corrected chi connectivity index (χ0v) is 14.7. The Hall–Kier alpha value is -3.30. The van der Waals surface area contributed by atoms with Crippen LogP contribution in [-0.4, -0.2) is 28.0 Å². The standard InChI is InChI=1S/C19H15ClN4O2/c1-26-18-8-13(6-7-17(18)25)10-22-19-16(9-21)23-12-24(19)11-14-4-2-3-5-15(14)20/h2-8,10,12,25H,11H2,1H3. The van der Waals surface area contributed by atoms with E-state index >= 15 is 0 Å². The summed E-state index contributed by atoms with van der Waals surface area (Å²) in [5.41, 5.74) is 1.84. The molecule has 0 atom stereocenters. The van der Waals surface area contributed by atoms with E-state index in [9.17, 15) is 10.4 Å². The molecule has 26 heavy (non-hydrogen) atoms. The number of hydrogen-bond acceptors (Lipinski definition) is 5. The highest BCUT2D eigenvalue weighted by atomic mass is 35.5. The quantitative estimate of drug-likeness (QED) is 0.693. The van der Waals surface area contributed by atoms with Gasteiger partial charge in [-0.3, -0.25) is 0 Å². The van der Waals surface area contributed by atoms with Crippen LogP contribution in [0.4, 0.5) is 5.82 Å². The molecule has 1 heterocycles. The predicted octanol–water partition coefficient (Wildman–Crippen LogP) is 3.92. The molecule has 1 N–H and O–H groups in total. The van der Waals surface area contributed by atoms with Crippen LogP contribution in [0.3, 0.4) is 0 Å². The third-order valence-corrected chi connectivity index (χ3v) is 4.12. The van der Waals surface area contributed by atoms with Crippen LogP contribution in [0.25, 0.3) is 0 Å². The number of rotatable bonds is 5. The van der Waals surface area contributed by atoms with Gasteiger partial charge in [-0.05, 0) is 35.4 Å². The molecule has 0 saturated carbocycles. The lowest BCUT2D eigenvalue weighted by Gasteiger charge is -2.07. The molecule has 6 nitrogen and oxygen atoms in total. The fraction of sp³-hybridized carbons (Fsp3) is 0.105. The Morgan fingerprint density at radius 1 is 1.35 bits per heavy atom. The first kappa shape index (κ1) is 17.5. The van der Waals surface area contributed by atoms with Crippen molar-refractivity contribution in [2.75, 3.05) is 7.11 Å². The lowest BCUT2D eigenvalue weighted by atomic mass is 10.2. The van der Waals surface area contributed by atoms with Gasteiger partial charge in [0.15, 0.2) is 23.0 Å². The number of phenolic OH excluding ortho intramolecular Hbond substituents is 1. The van der Waals surface area contributed by atoms with E-state index in [4.69, 9.17) is 16.3 Å². The van der Waals surface area contributed by atoms with Gasteiger partial charge in [-0.25, -0.2) is 9.98 Å². The molecule has 0 aliphatic carbocycles. The summed E-state index contributed by atoms with van der Waals surface area (Å²) >= 11 is 6.21. The molecule has 2 aromatic carbocycles. The number of methoxy groups -OCH3 is 1. The van der Waals surface area contributed by atoms with Gasteiger partial charge in [0.25, 0.3) is 0 Å². The molecule has 0 radical (unpaired) electrons. The Bertz CT molecular complexity index is 1010. The van der Waals surface area contributed by atoms with Crippen LogP contribution in [-0.2, 0) is 6.54 Å². The van der Waals surface area contributed by atoms with Gasteiger partial charge in [-0.1, -0.05) is 29.8 Å². The Kier molecular flexibility index (Phi) is 5.20. The van der Waals surface area contributed by atoms with Gasteiger partial charge in [-0.2, -0.15) is 5.26 Å². The van der Waals surface area contributed by atoms with E-state index in [1.165, 1.54) is 13.2 Å². The SMILES string of the molecule is COc1cc(C=Nc2c(C#N)ncn2Cc2ccccc2Cl)ccc1O. The minimum atomic E-state index is 0.0473. The second-order valence-electron chi connectivity index (χ2n) is 5.44. The van der Waals surface area contributed by atoms with Gasteiger partial charge >= 0.3 is 0 Å². The number of aromatic hydroxyl groups is 1. The average molecular weight is 367 g/mol. The summed E-state index contributed by atoms with van der Waals surface area (Å²) in [5, 5.41) is 19.6. The summed E-state index contributed by atoms with van der Waals surface area (Å²) in [6, 6.07) is 14.4. The summed E-state index contributed by atoms with van der Waals surface area (Å²) < 4.78 is 6.85. The highest BCUT2D eigenvalue weighted by Crippen LogP contribution is 2.26. The van der Waals surface area contributed by atoms with Crippen LogP contribution in [0.2, 0.25) is 5.02 Å². The molecule has 130 valence electrons. The first-order valence-electron chi connectivity index (χ1n) is 7.72. The summed E-state index contributed by atoms with van der Waals surface area (Å²) in [4.78, 5) is 8.51. The topological polar surface area (TPSA) is 83.4 Å². The largest absolute Gasteiger partial charge is 0.504 e. The van der Waals surface area contributed by atoms with E-state index in [0.717, 1.165) is 5.56 Å². The van der Waals surface area contributed by atoms with E-state index in [1.807, 2.05) is 30.3 Å². The van der Waals surface area contributed by atoms with E-state index in [-0.39, 0.29) is 11.4 Å². The number of aliphatic imine (C=N–C) groups is 1. The van der Waals surface area contributed by atoms with E-state index in [1.54, 1.807) is 29.2 Å². The molecule has 1 aromatic heterocycles. The van der Waals surface area contributed by atoms with Crippen LogP contribution in [0, 0.1) is 11.3 Å². The van der Waals surface area contributed by atoms with Crippen molar-refractivity contribution < 1.29 is 9.84 Å². The van der Waals surface area contributed by atoms with Crippen molar-refractivity contribution in [3.8, 4) is 17.6 Å². The number of hydrogen-bond donors (Lipinski definition) is 1. The lowest BCUT2D eigenvalue weighted by molar-refractivity contribution is 0.373. The monoisotopic (exact) mass is 366 g/mol. The van der Waals surface area contributed by atoms with Crippen LogP contribution < -0.4 is 4.74 Å². The number of phenols is 1. The van der Waals surface area contributed by atoms with Crippen molar-refractivity contribution in [2.45, 2.75) is 6.54 Å². The second-order valence-corrected chi connectivity index (χ2v) is 5.84. The molecule has 0 fully saturated rings. The third-order valence-electron chi connectivity index (χ3n) is 3.75. The fourth-order valence-corrected chi connectivity index (χ4v) is 2.62. The molecular weight excluding hydrogens is 352 g/mol. The highest BCUT2D eigenvalue weighted by molar-refractivity contribution is 6.31. The van der Waals surface area contributed by atoms with Crippen molar-refractivity contribution in [3.63, 3.8) is 0 Å². The van der Waals surface area contributed by atoms with Crippen LogP contribution in [0.5, 0.6) is 11.5 Å². The van der Waals surface area contributed by atoms with Crippen molar-refractivity contribution in [1.82, 2.24) is 9.55 Å². The first-order valence-corrected chi connectivity index (χ1v) is 8.10. The lowest BCUT2D eigenvalue weighted by Crippen LogP contribution is -1.99. The van der Waals surface area contributed by atoms with Gasteiger partial charge < -0.3 is 14.4 Å². The van der Waals surface area contributed by atoms with Gasteiger partial charge in [0, 0.05) is 11.2 Å². The number of nitrogens with zero attached hydrogens (tertiary/aromatic N) is 4. The molecule has 0 amide bonds. The van der Waals surface area contributed by atoms with Crippen molar-refractivity contribution in [3.05, 3.63) is 70.6 Å². The molecule has 7 heteroatoms. The Labute approximate surface area is 155 Å². The zero-order chi connectivity index (χ0) is 18.5. The Morgan fingerprint density at radius 2 is 2.15 bits per heavy atom. The molecule has 0 spiro atoms. The smallest absolute Gasteiger partial charge is 0.185 e. The van der Waals surface area contributed by atoms with E-state index in [2.05, 4.69) is 9.98 Å². The van der Waals surface area contributed by atoms with Gasteiger partial charge in [0.2, 0.25) is 0 Å². The molecule has 3 aromatic rings. The summed E-state index contributed by atoms with van der Waals surface area (Å²) in [5.74, 6) is 0.824. The fourth-order valence-electron chi connectivity index (χ4n) is 2.43. The van der Waals surface area contributed by atoms with E-state index in [0.29, 0.717) is 28.7 Å². The van der Waals surface area contributed by atoms with Gasteiger partial charge in [0.1, 0.15) is 6.07 Å². The molecule has 0 bridgehead atoms. The van der Waals surface area contributed by atoms with Gasteiger partial charge in [-0.15, -0.1) is 0 Å². The van der Waals surface area contributed by atoms with Gasteiger partial charge in [0.05, 0.1) is 20.0 Å². The Morgan fingerprint density at radius 3 is 2.88 bits per heavy atom. The molecular formula is C19H15ClN4O2. The zero-order valence-electron chi connectivity index (χ0n) is 13.9. The number of aromatic nitrogens is 2. The number of benzene rings is 2. The van der Waals surface area contributed by atoms with Crippen molar-refractivity contribution in [1.29, 1.82) is 5.26 Å². The van der Waals surface area contributed by atoms with Crippen molar-refractivity contribution >= 4 is 23.6 Å². The highest BCUT2D eigenvalue weighted by Gasteiger charge is 2.11. The second kappa shape index (κ2) is 7.72. The van der Waals surface area contributed by atoms with Crippen LogP contribution in [0.15, 0.2) is 53.8 Å². The first-order chi connectivity index (χ1) is 12.6. The maximum absolute atomic E-state index is 9.66. The maximum atomic E-state index is 9.66.